The second-order valence-electron chi connectivity index (χ2n) is 3.92. The number of fused-ring (bicyclic) bond motifs is 2. The van der Waals surface area contributed by atoms with Gasteiger partial charge in [0.05, 0.1) is 7.11 Å². The van der Waals surface area contributed by atoms with Gasteiger partial charge >= 0.3 is 6.09 Å². The molecular weight excluding hydrogens is 190 g/mol. The largest absolute Gasteiger partial charge is 0.453 e. The van der Waals surface area contributed by atoms with Gasteiger partial charge in [-0.05, 0) is 24.7 Å². The molecule has 1 aliphatic carbocycles. The van der Waals surface area contributed by atoms with Crippen molar-refractivity contribution in [2.24, 2.45) is 11.8 Å². The van der Waals surface area contributed by atoms with E-state index in [4.69, 9.17) is 16.3 Å². The Kier molecular flexibility index (Phi) is 2.37. The van der Waals surface area contributed by atoms with Gasteiger partial charge in [-0.3, -0.25) is 0 Å². The van der Waals surface area contributed by atoms with Gasteiger partial charge in [-0.25, -0.2) is 4.79 Å². The van der Waals surface area contributed by atoms with Crippen LogP contribution in [0.15, 0.2) is 0 Å². The summed E-state index contributed by atoms with van der Waals surface area (Å²) in [5.41, 5.74) is 0. The molecule has 2 fully saturated rings. The Hall–Kier alpha value is -0.440. The number of rotatable bonds is 0. The number of halogens is 1. The molecule has 74 valence electrons. The van der Waals surface area contributed by atoms with Crippen LogP contribution in [0.1, 0.15) is 12.8 Å². The summed E-state index contributed by atoms with van der Waals surface area (Å²) in [6.45, 7) is 1.55. The first-order chi connectivity index (χ1) is 6.22. The number of carbonyl (C=O) groups is 1. The van der Waals surface area contributed by atoms with Crippen LogP contribution in [-0.4, -0.2) is 36.6 Å². The highest BCUT2D eigenvalue weighted by Crippen LogP contribution is 2.40. The van der Waals surface area contributed by atoms with Gasteiger partial charge in [0.2, 0.25) is 0 Å². The number of hydrogen-bond donors (Lipinski definition) is 0. The number of nitrogens with zero attached hydrogens (tertiary/aromatic N) is 1. The first-order valence-corrected chi connectivity index (χ1v) is 5.13. The maximum absolute atomic E-state index is 11.3. The first kappa shape index (κ1) is 9.13. The fraction of sp³-hybridized carbons (Fsp3) is 0.889. The second kappa shape index (κ2) is 3.37. The molecule has 1 saturated heterocycles. The molecule has 13 heavy (non-hydrogen) atoms. The molecular formula is C9H14ClNO2. The highest BCUT2D eigenvalue weighted by atomic mass is 35.5. The maximum atomic E-state index is 11.3. The highest BCUT2D eigenvalue weighted by molar-refractivity contribution is 6.21. The zero-order valence-electron chi connectivity index (χ0n) is 7.70. The number of ether oxygens (including phenoxy) is 1. The first-order valence-electron chi connectivity index (χ1n) is 4.69. The summed E-state index contributed by atoms with van der Waals surface area (Å²) in [6, 6.07) is 0. The number of hydrogen-bond acceptors (Lipinski definition) is 2. The zero-order chi connectivity index (χ0) is 9.42. The summed E-state index contributed by atoms with van der Waals surface area (Å²) in [5.74, 6) is 0.971. The number of methoxy groups -OCH3 is 1. The van der Waals surface area contributed by atoms with E-state index >= 15 is 0 Å². The van der Waals surface area contributed by atoms with E-state index in [0.29, 0.717) is 11.8 Å². The monoisotopic (exact) mass is 203 g/mol. The Balaban J connectivity index is 2.02. The van der Waals surface area contributed by atoms with Crippen molar-refractivity contribution in [3.05, 3.63) is 0 Å². The average molecular weight is 204 g/mol. The molecule has 2 unspecified atom stereocenters. The number of likely N-dealkylation sites (tertiary alicyclic amines) is 1. The minimum Gasteiger partial charge on any atom is -0.453 e. The lowest BCUT2D eigenvalue weighted by Crippen LogP contribution is -2.45. The molecule has 1 amide bonds. The van der Waals surface area contributed by atoms with E-state index in [2.05, 4.69) is 0 Å². The summed E-state index contributed by atoms with van der Waals surface area (Å²) in [4.78, 5) is 13.0. The normalized spacial score (nSPS) is 37.7. The van der Waals surface area contributed by atoms with Crippen LogP contribution in [0.25, 0.3) is 0 Å². The average Bonchev–Trinajstić information content (AvgIpc) is 2.42. The van der Waals surface area contributed by atoms with Crippen molar-refractivity contribution < 1.29 is 9.53 Å². The van der Waals surface area contributed by atoms with Crippen molar-refractivity contribution in [3.8, 4) is 0 Å². The van der Waals surface area contributed by atoms with Gasteiger partial charge in [0.25, 0.3) is 0 Å². The topological polar surface area (TPSA) is 29.5 Å². The quantitative estimate of drug-likeness (QED) is 0.561. The molecule has 3 nitrogen and oxygen atoms in total. The van der Waals surface area contributed by atoms with E-state index in [9.17, 15) is 4.79 Å². The molecule has 0 aromatic carbocycles. The van der Waals surface area contributed by atoms with Crippen LogP contribution in [0, 0.1) is 11.8 Å². The highest BCUT2D eigenvalue weighted by Gasteiger charge is 2.42. The van der Waals surface area contributed by atoms with Gasteiger partial charge in [0.15, 0.2) is 0 Å². The molecule has 1 aliphatic heterocycles. The van der Waals surface area contributed by atoms with E-state index in [1.165, 1.54) is 7.11 Å². The minimum absolute atomic E-state index is 0.208. The summed E-state index contributed by atoms with van der Waals surface area (Å²) >= 11 is 6.21. The molecule has 0 aromatic rings. The Morgan fingerprint density at radius 2 is 1.92 bits per heavy atom. The summed E-state index contributed by atoms with van der Waals surface area (Å²) in [7, 11) is 1.43. The van der Waals surface area contributed by atoms with Gasteiger partial charge in [0.1, 0.15) is 0 Å². The predicted molar refractivity (Wildman–Crippen MR) is 49.8 cm³/mol. The number of alkyl halides is 1. The molecule has 0 spiro atoms. The van der Waals surface area contributed by atoms with Crippen molar-refractivity contribution in [2.75, 3.05) is 20.2 Å². The number of piperidine rings is 1. The second-order valence-corrected chi connectivity index (χ2v) is 4.42. The van der Waals surface area contributed by atoms with Gasteiger partial charge < -0.3 is 9.64 Å². The molecule has 2 atom stereocenters. The van der Waals surface area contributed by atoms with Crippen molar-refractivity contribution in [2.45, 2.75) is 18.2 Å². The van der Waals surface area contributed by atoms with E-state index in [1.807, 2.05) is 0 Å². The molecule has 4 heteroatoms. The molecule has 2 rings (SSSR count). The van der Waals surface area contributed by atoms with E-state index in [0.717, 1.165) is 25.9 Å². The predicted octanol–water partition coefficient (Wildman–Crippen LogP) is 1.70. The van der Waals surface area contributed by atoms with Gasteiger partial charge in [0, 0.05) is 18.5 Å². The minimum atomic E-state index is -0.208. The molecule has 0 aromatic heterocycles. The zero-order valence-corrected chi connectivity index (χ0v) is 8.46. The lowest BCUT2D eigenvalue weighted by Gasteiger charge is -2.33. The van der Waals surface area contributed by atoms with Crippen molar-refractivity contribution in [1.29, 1.82) is 0 Å². The summed E-state index contributed by atoms with van der Waals surface area (Å²) in [6.07, 6.45) is 2.11. The third-order valence-corrected chi connectivity index (χ3v) is 3.86. The van der Waals surface area contributed by atoms with Crippen LogP contribution in [0.2, 0.25) is 0 Å². The fourth-order valence-corrected chi connectivity index (χ4v) is 2.85. The maximum Gasteiger partial charge on any atom is 0.409 e. The molecule has 2 aliphatic rings. The van der Waals surface area contributed by atoms with E-state index < -0.39 is 0 Å². The van der Waals surface area contributed by atoms with E-state index in [-0.39, 0.29) is 11.5 Å². The van der Waals surface area contributed by atoms with Crippen LogP contribution in [0.3, 0.4) is 0 Å². The molecule has 0 radical (unpaired) electrons. The van der Waals surface area contributed by atoms with Gasteiger partial charge in [-0.2, -0.15) is 0 Å². The SMILES string of the molecule is COC(=O)N1CC2CCC(C1)C2Cl. The molecule has 1 saturated carbocycles. The lowest BCUT2D eigenvalue weighted by atomic mass is 9.99. The third kappa shape index (κ3) is 1.50. The van der Waals surface area contributed by atoms with Crippen molar-refractivity contribution >= 4 is 17.7 Å². The van der Waals surface area contributed by atoms with Gasteiger partial charge in [-0.15, -0.1) is 11.6 Å². The standard InChI is InChI=1S/C9H14ClNO2/c1-13-9(12)11-4-6-2-3-7(5-11)8(6)10/h6-8H,2-5H2,1H3. The number of carbonyl (C=O) groups excluding carboxylic acids is 1. The Labute approximate surface area is 83.0 Å². The smallest absolute Gasteiger partial charge is 0.409 e. The number of amides is 1. The summed E-state index contributed by atoms with van der Waals surface area (Å²) < 4.78 is 4.69. The van der Waals surface area contributed by atoms with Crippen LogP contribution in [0.5, 0.6) is 0 Å². The van der Waals surface area contributed by atoms with Crippen molar-refractivity contribution in [3.63, 3.8) is 0 Å². The Bertz CT molecular complexity index is 208. The van der Waals surface area contributed by atoms with Crippen LogP contribution >= 0.6 is 11.6 Å². The van der Waals surface area contributed by atoms with Crippen LogP contribution < -0.4 is 0 Å². The Morgan fingerprint density at radius 1 is 1.38 bits per heavy atom. The van der Waals surface area contributed by atoms with Crippen LogP contribution in [0.4, 0.5) is 4.79 Å². The van der Waals surface area contributed by atoms with E-state index in [1.54, 1.807) is 4.90 Å². The van der Waals surface area contributed by atoms with Crippen molar-refractivity contribution in [1.82, 2.24) is 4.90 Å². The fourth-order valence-electron chi connectivity index (χ4n) is 2.43. The Morgan fingerprint density at radius 3 is 2.38 bits per heavy atom. The summed E-state index contributed by atoms with van der Waals surface area (Å²) in [5, 5.41) is 0.279. The molecule has 2 bridgehead atoms. The third-order valence-electron chi connectivity index (χ3n) is 3.15. The van der Waals surface area contributed by atoms with Crippen LogP contribution in [-0.2, 0) is 4.74 Å². The van der Waals surface area contributed by atoms with Gasteiger partial charge in [-0.1, -0.05) is 0 Å². The molecule has 0 N–H and O–H groups in total. The molecule has 1 heterocycles. The lowest BCUT2D eigenvalue weighted by molar-refractivity contribution is 0.101.